The number of benzene rings is 3. The summed E-state index contributed by atoms with van der Waals surface area (Å²) in [4.78, 5) is 14.1. The van der Waals surface area contributed by atoms with Crippen molar-refractivity contribution in [2.24, 2.45) is 10.8 Å². The SMILES string of the molecule is C#Cc1c(F)ccc2cc(O)cc(-c3ccc4c(N5CC6CCC(C5)N6)nc(OCC5(CN6CCC7(CC6)CC(F)(F)C7)CC5)nc4c3F)c12. The third-order valence-corrected chi connectivity index (χ3v) is 12.0. The Kier molecular flexibility index (Phi) is 7.28. The van der Waals surface area contributed by atoms with Gasteiger partial charge in [0.2, 0.25) is 5.92 Å². The fourth-order valence-electron chi connectivity index (χ4n) is 9.19. The first kappa shape index (κ1) is 31.8. The molecule has 2 saturated carbocycles. The van der Waals surface area contributed by atoms with Crippen LogP contribution in [-0.2, 0) is 0 Å². The van der Waals surface area contributed by atoms with E-state index in [1.54, 1.807) is 12.1 Å². The van der Waals surface area contributed by atoms with E-state index in [0.29, 0.717) is 40.7 Å². The molecule has 1 spiro atoms. The molecule has 2 N–H and O–H groups in total. The number of aromatic hydroxyl groups is 1. The highest BCUT2D eigenvalue weighted by molar-refractivity contribution is 6.04. The normalized spacial score (nSPS) is 24.7. The number of fused-ring (bicyclic) bond motifs is 4. The second-order valence-electron chi connectivity index (χ2n) is 15.6. The number of hydrogen-bond acceptors (Lipinski definition) is 7. The average Bonchev–Trinajstić information content (AvgIpc) is 3.77. The zero-order chi connectivity index (χ0) is 34.4. The molecule has 11 heteroatoms. The third kappa shape index (κ3) is 5.52. The minimum atomic E-state index is -2.50. The van der Waals surface area contributed by atoms with E-state index in [4.69, 9.17) is 16.1 Å². The van der Waals surface area contributed by atoms with Crippen molar-refractivity contribution in [3.05, 3.63) is 53.6 Å². The molecule has 4 heterocycles. The number of halogens is 4. The molecule has 260 valence electrons. The fraction of sp³-hybridized carbons (Fsp3) is 0.487. The predicted octanol–water partition coefficient (Wildman–Crippen LogP) is 7.03. The molecule has 5 aliphatic rings. The summed E-state index contributed by atoms with van der Waals surface area (Å²) in [6.45, 7) is 4.25. The number of ether oxygens (including phenoxy) is 1. The number of terminal acetylenes is 1. The summed E-state index contributed by atoms with van der Waals surface area (Å²) in [5.41, 5.74) is 0.174. The number of phenolic OH excluding ortho intramolecular Hbond substituents is 1. The molecule has 7 nitrogen and oxygen atoms in total. The second kappa shape index (κ2) is 11.4. The van der Waals surface area contributed by atoms with Gasteiger partial charge in [-0.15, -0.1) is 6.42 Å². The summed E-state index contributed by atoms with van der Waals surface area (Å²) < 4.78 is 65.5. The van der Waals surface area contributed by atoms with Crippen LogP contribution in [0.4, 0.5) is 23.4 Å². The van der Waals surface area contributed by atoms with Gasteiger partial charge >= 0.3 is 6.01 Å². The van der Waals surface area contributed by atoms with Crippen molar-refractivity contribution < 1.29 is 27.4 Å². The molecular formula is C39H39F4N5O2. The molecule has 1 aromatic heterocycles. The molecule has 2 unspecified atom stereocenters. The van der Waals surface area contributed by atoms with Crippen LogP contribution in [0.5, 0.6) is 11.8 Å². The van der Waals surface area contributed by atoms with Crippen molar-refractivity contribution in [3.8, 4) is 35.2 Å². The van der Waals surface area contributed by atoms with Gasteiger partial charge in [0.25, 0.3) is 0 Å². The Balaban J connectivity index is 1.05. The Morgan fingerprint density at radius 1 is 0.960 bits per heavy atom. The molecule has 2 bridgehead atoms. The zero-order valence-corrected chi connectivity index (χ0v) is 27.8. The maximum atomic E-state index is 16.9. The van der Waals surface area contributed by atoms with E-state index in [1.165, 1.54) is 24.3 Å². The lowest BCUT2D eigenvalue weighted by Gasteiger charge is -2.52. The van der Waals surface area contributed by atoms with Crippen molar-refractivity contribution in [3.63, 3.8) is 0 Å². The summed E-state index contributed by atoms with van der Waals surface area (Å²) in [6, 6.07) is 9.75. The maximum absolute atomic E-state index is 16.9. The molecule has 50 heavy (non-hydrogen) atoms. The molecule has 2 atom stereocenters. The number of likely N-dealkylation sites (tertiary alicyclic amines) is 1. The van der Waals surface area contributed by atoms with Crippen molar-refractivity contribution >= 4 is 27.5 Å². The van der Waals surface area contributed by atoms with E-state index in [9.17, 15) is 18.3 Å². The number of piperazine rings is 1. The number of aromatic nitrogens is 2. The summed E-state index contributed by atoms with van der Waals surface area (Å²) in [5.74, 6) is -0.841. The van der Waals surface area contributed by atoms with Gasteiger partial charge < -0.3 is 25.0 Å². The highest BCUT2D eigenvalue weighted by Gasteiger charge is 2.57. The molecule has 5 fully saturated rings. The van der Waals surface area contributed by atoms with Crippen LogP contribution in [0, 0.1) is 34.8 Å². The second-order valence-corrected chi connectivity index (χ2v) is 15.6. The largest absolute Gasteiger partial charge is 0.508 e. The lowest BCUT2D eigenvalue weighted by molar-refractivity contribution is -0.178. The van der Waals surface area contributed by atoms with Crippen LogP contribution in [0.25, 0.3) is 32.8 Å². The first-order valence-electron chi connectivity index (χ1n) is 17.7. The Hall–Kier alpha value is -4.14. The molecule has 9 rings (SSSR count). The van der Waals surface area contributed by atoms with E-state index in [2.05, 4.69) is 26.0 Å². The van der Waals surface area contributed by atoms with Crippen LogP contribution in [0.1, 0.15) is 56.9 Å². The van der Waals surface area contributed by atoms with E-state index in [-0.39, 0.29) is 57.6 Å². The number of piperidine rings is 1. The van der Waals surface area contributed by atoms with Gasteiger partial charge in [0, 0.05) is 66.3 Å². The lowest BCUT2D eigenvalue weighted by Crippen LogP contribution is -2.53. The number of nitrogens with zero attached hydrogens (tertiary/aromatic N) is 4. The summed E-state index contributed by atoms with van der Waals surface area (Å²) in [7, 11) is 0. The van der Waals surface area contributed by atoms with Gasteiger partial charge in [0.05, 0.1) is 12.2 Å². The highest BCUT2D eigenvalue weighted by Crippen LogP contribution is 2.58. The summed E-state index contributed by atoms with van der Waals surface area (Å²) in [6.07, 6.45) is 11.4. The van der Waals surface area contributed by atoms with Gasteiger partial charge in [-0.1, -0.05) is 18.1 Å². The third-order valence-electron chi connectivity index (χ3n) is 12.0. The van der Waals surface area contributed by atoms with Crippen molar-refractivity contribution in [2.45, 2.75) is 69.4 Å². The molecule has 2 aliphatic carbocycles. The van der Waals surface area contributed by atoms with Crippen molar-refractivity contribution in [1.29, 1.82) is 0 Å². The lowest BCUT2D eigenvalue weighted by atomic mass is 9.61. The fourth-order valence-corrected chi connectivity index (χ4v) is 9.19. The monoisotopic (exact) mass is 685 g/mol. The number of hydrogen-bond donors (Lipinski definition) is 2. The number of phenols is 1. The molecule has 3 saturated heterocycles. The van der Waals surface area contributed by atoms with Gasteiger partial charge in [-0.05, 0) is 92.2 Å². The smallest absolute Gasteiger partial charge is 0.319 e. The summed E-state index contributed by atoms with van der Waals surface area (Å²) in [5, 5.41) is 15.6. The highest BCUT2D eigenvalue weighted by atomic mass is 19.3. The number of alkyl halides is 2. The minimum Gasteiger partial charge on any atom is -0.508 e. The number of anilines is 1. The summed E-state index contributed by atoms with van der Waals surface area (Å²) >= 11 is 0. The van der Waals surface area contributed by atoms with E-state index < -0.39 is 17.6 Å². The van der Waals surface area contributed by atoms with Gasteiger partial charge in [0.1, 0.15) is 22.9 Å². The Morgan fingerprint density at radius 3 is 2.38 bits per heavy atom. The van der Waals surface area contributed by atoms with Gasteiger partial charge in [-0.2, -0.15) is 9.97 Å². The molecule has 3 aromatic carbocycles. The van der Waals surface area contributed by atoms with Crippen LogP contribution in [-0.4, -0.2) is 77.3 Å². The van der Waals surface area contributed by atoms with E-state index in [0.717, 1.165) is 71.2 Å². The Bertz CT molecular complexity index is 2050. The van der Waals surface area contributed by atoms with Crippen LogP contribution in [0.15, 0.2) is 36.4 Å². The topological polar surface area (TPSA) is 73.8 Å². The predicted molar refractivity (Wildman–Crippen MR) is 184 cm³/mol. The van der Waals surface area contributed by atoms with Crippen LogP contribution in [0.2, 0.25) is 0 Å². The number of nitrogens with one attached hydrogen (secondary N) is 1. The molecule has 0 radical (unpaired) electrons. The number of rotatable bonds is 7. The molecule has 4 aromatic rings. The van der Waals surface area contributed by atoms with Gasteiger partial charge in [-0.25, -0.2) is 17.6 Å². The Morgan fingerprint density at radius 2 is 1.70 bits per heavy atom. The minimum absolute atomic E-state index is 0.00933. The average molecular weight is 686 g/mol. The zero-order valence-electron chi connectivity index (χ0n) is 27.8. The first-order chi connectivity index (χ1) is 24.0. The van der Waals surface area contributed by atoms with E-state index >= 15 is 4.39 Å². The Labute approximate surface area is 288 Å². The van der Waals surface area contributed by atoms with Gasteiger partial charge in [-0.3, -0.25) is 0 Å². The molecule has 0 amide bonds. The van der Waals surface area contributed by atoms with Crippen molar-refractivity contribution in [1.82, 2.24) is 20.2 Å². The van der Waals surface area contributed by atoms with Crippen LogP contribution in [0.3, 0.4) is 0 Å². The van der Waals surface area contributed by atoms with E-state index in [1.807, 2.05) is 0 Å². The van der Waals surface area contributed by atoms with Crippen molar-refractivity contribution in [2.75, 3.05) is 44.2 Å². The molecular weight excluding hydrogens is 646 g/mol. The van der Waals surface area contributed by atoms with Gasteiger partial charge in [0.15, 0.2) is 5.82 Å². The first-order valence-corrected chi connectivity index (χ1v) is 17.7. The molecule has 3 aliphatic heterocycles. The maximum Gasteiger partial charge on any atom is 0.319 e. The quantitative estimate of drug-likeness (QED) is 0.160. The van der Waals surface area contributed by atoms with Crippen LogP contribution < -0.4 is 15.0 Å². The standard InChI is InChI=1S/C39H39F4N5O2/c1-2-27-31(40)8-3-23-15-26(49)16-30(32(23)27)28-6-7-29-34(33(28)41)45-36(46-35(29)48-17-24-4-5-25(18-48)44-24)50-22-38(9-10-38)21-47-13-11-37(12-14-47)19-39(42,43)20-37/h1,3,6-8,15-16,24-25,44,49H,4-5,9-14,17-22H2. The van der Waals surface area contributed by atoms with Crippen LogP contribution >= 0.6 is 0 Å².